The van der Waals surface area contributed by atoms with Gasteiger partial charge < -0.3 is 14.3 Å². The van der Waals surface area contributed by atoms with Crippen LogP contribution in [0.2, 0.25) is 5.02 Å². The van der Waals surface area contributed by atoms with Gasteiger partial charge in [0.25, 0.3) is 0 Å². The molecule has 0 bridgehead atoms. The van der Waals surface area contributed by atoms with E-state index >= 15 is 0 Å². The van der Waals surface area contributed by atoms with Gasteiger partial charge in [-0.25, -0.2) is 0 Å². The molecule has 0 atom stereocenters. The van der Waals surface area contributed by atoms with E-state index in [4.69, 9.17) is 25.9 Å². The zero-order valence-corrected chi connectivity index (χ0v) is 17.8. The van der Waals surface area contributed by atoms with Crippen LogP contribution in [0.1, 0.15) is 18.4 Å². The number of hydrogen-bond donors (Lipinski definition) is 1. The molecule has 0 saturated heterocycles. The van der Waals surface area contributed by atoms with Gasteiger partial charge in [0.1, 0.15) is 17.6 Å². The maximum Gasteiger partial charge on any atom is 0.417 e. The number of carboxylic acid groups (broad SMARTS) is 1. The number of rotatable bonds is 4. The molecule has 31 heavy (non-hydrogen) atoms. The molecular weight excluding hydrogens is 505 g/mol. The first-order chi connectivity index (χ1) is 14.5. The number of ether oxygens (including phenoxy) is 1. The number of carbonyl (C=O) groups is 1. The van der Waals surface area contributed by atoms with Gasteiger partial charge in [-0.3, -0.25) is 9.59 Å². The molecule has 1 aliphatic carbocycles. The van der Waals surface area contributed by atoms with Crippen molar-refractivity contribution < 1.29 is 32.2 Å². The number of carboxylic acids is 1. The summed E-state index contributed by atoms with van der Waals surface area (Å²) in [5.41, 5.74) is -1.50. The van der Waals surface area contributed by atoms with Crippen molar-refractivity contribution in [3.05, 3.63) is 61.7 Å². The second-order valence-electron chi connectivity index (χ2n) is 7.16. The summed E-state index contributed by atoms with van der Waals surface area (Å²) in [4.78, 5) is 23.6. The SMILES string of the molecule is O=C(O)C1CC(Oc2cc(Br)c(C(F)(F)F)cc2-c2cc(=O)c3cccc(Cl)c3o2)C1. The summed E-state index contributed by atoms with van der Waals surface area (Å²) in [5.74, 6) is -1.64. The molecule has 4 rings (SSSR count). The summed E-state index contributed by atoms with van der Waals surface area (Å²) in [5, 5.41) is 9.35. The minimum absolute atomic E-state index is 0.0308. The van der Waals surface area contributed by atoms with Gasteiger partial charge in [0, 0.05) is 10.5 Å². The lowest BCUT2D eigenvalue weighted by Gasteiger charge is -2.33. The van der Waals surface area contributed by atoms with Crippen molar-refractivity contribution in [3.63, 3.8) is 0 Å². The minimum atomic E-state index is -4.67. The van der Waals surface area contributed by atoms with Gasteiger partial charge in [-0.2, -0.15) is 13.2 Å². The Bertz CT molecular complexity index is 1250. The molecule has 1 saturated carbocycles. The van der Waals surface area contributed by atoms with Crippen molar-refractivity contribution >= 4 is 44.5 Å². The van der Waals surface area contributed by atoms with E-state index in [1.165, 1.54) is 12.1 Å². The Hall–Kier alpha value is -2.52. The third kappa shape index (κ3) is 4.16. The first-order valence-corrected chi connectivity index (χ1v) is 10.2. The van der Waals surface area contributed by atoms with Crippen molar-refractivity contribution in [2.75, 3.05) is 0 Å². The molecule has 1 aliphatic rings. The fraction of sp³-hybridized carbons (Fsp3) is 0.238. The third-order valence-corrected chi connectivity index (χ3v) is 6.04. The molecule has 162 valence electrons. The van der Waals surface area contributed by atoms with Crippen LogP contribution in [-0.4, -0.2) is 17.2 Å². The summed E-state index contributed by atoms with van der Waals surface area (Å²) < 4.78 is 51.8. The maximum atomic E-state index is 13.5. The van der Waals surface area contributed by atoms with E-state index in [9.17, 15) is 22.8 Å². The van der Waals surface area contributed by atoms with Gasteiger partial charge in [-0.05, 0) is 37.1 Å². The van der Waals surface area contributed by atoms with Crippen molar-refractivity contribution in [3.8, 4) is 17.1 Å². The largest absolute Gasteiger partial charge is 0.490 e. The molecule has 1 N–H and O–H groups in total. The van der Waals surface area contributed by atoms with Gasteiger partial charge in [0.15, 0.2) is 11.0 Å². The van der Waals surface area contributed by atoms with Crippen LogP contribution < -0.4 is 10.2 Å². The molecule has 2 aromatic carbocycles. The van der Waals surface area contributed by atoms with Gasteiger partial charge >= 0.3 is 12.1 Å². The second-order valence-corrected chi connectivity index (χ2v) is 8.43. The first-order valence-electron chi connectivity index (χ1n) is 9.07. The lowest BCUT2D eigenvalue weighted by Crippen LogP contribution is -2.38. The van der Waals surface area contributed by atoms with Crippen LogP contribution in [0.4, 0.5) is 13.2 Å². The first kappa shape index (κ1) is 21.7. The van der Waals surface area contributed by atoms with E-state index in [1.54, 1.807) is 6.07 Å². The summed E-state index contributed by atoms with van der Waals surface area (Å²) in [6.45, 7) is 0. The monoisotopic (exact) mass is 516 g/mol. The number of alkyl halides is 3. The van der Waals surface area contributed by atoms with E-state index < -0.39 is 35.2 Å². The highest BCUT2D eigenvalue weighted by molar-refractivity contribution is 9.10. The van der Waals surface area contributed by atoms with E-state index in [0.29, 0.717) is 0 Å². The molecule has 0 spiro atoms. The van der Waals surface area contributed by atoms with Crippen LogP contribution in [0, 0.1) is 5.92 Å². The van der Waals surface area contributed by atoms with Crippen LogP contribution in [-0.2, 0) is 11.0 Å². The molecule has 0 radical (unpaired) electrons. The summed E-state index contributed by atoms with van der Waals surface area (Å²) in [6.07, 6.45) is -4.72. The molecule has 1 fully saturated rings. The molecule has 3 aromatic rings. The van der Waals surface area contributed by atoms with Crippen molar-refractivity contribution in [2.45, 2.75) is 25.1 Å². The Labute approximate surface area is 186 Å². The third-order valence-electron chi connectivity index (χ3n) is 5.08. The Morgan fingerprint density at radius 3 is 2.58 bits per heavy atom. The fourth-order valence-corrected chi connectivity index (χ4v) is 4.14. The Morgan fingerprint density at radius 2 is 1.94 bits per heavy atom. The lowest BCUT2D eigenvalue weighted by atomic mass is 9.82. The molecule has 1 heterocycles. The van der Waals surface area contributed by atoms with Crippen molar-refractivity contribution in [1.82, 2.24) is 0 Å². The van der Waals surface area contributed by atoms with Crippen molar-refractivity contribution in [2.24, 2.45) is 5.92 Å². The summed E-state index contributed by atoms with van der Waals surface area (Å²) >= 11 is 9.02. The van der Waals surface area contributed by atoms with Gasteiger partial charge in [0.05, 0.1) is 27.5 Å². The van der Waals surface area contributed by atoms with Crippen LogP contribution in [0.5, 0.6) is 5.75 Å². The van der Waals surface area contributed by atoms with Crippen LogP contribution >= 0.6 is 27.5 Å². The minimum Gasteiger partial charge on any atom is -0.490 e. The summed E-state index contributed by atoms with van der Waals surface area (Å²) in [7, 11) is 0. The Balaban J connectivity index is 1.85. The number of fused-ring (bicyclic) bond motifs is 1. The molecule has 5 nitrogen and oxygen atoms in total. The highest BCUT2D eigenvalue weighted by Gasteiger charge is 2.38. The number of aliphatic carboxylic acids is 1. The van der Waals surface area contributed by atoms with Crippen LogP contribution in [0.3, 0.4) is 0 Å². The maximum absolute atomic E-state index is 13.5. The highest BCUT2D eigenvalue weighted by atomic mass is 79.9. The molecule has 1 aromatic heterocycles. The average molecular weight is 518 g/mol. The smallest absolute Gasteiger partial charge is 0.417 e. The molecule has 0 amide bonds. The topological polar surface area (TPSA) is 76.7 Å². The number of halogens is 5. The van der Waals surface area contributed by atoms with E-state index in [-0.39, 0.29) is 50.4 Å². The Morgan fingerprint density at radius 1 is 1.23 bits per heavy atom. The average Bonchev–Trinajstić information content (AvgIpc) is 2.63. The van der Waals surface area contributed by atoms with Crippen LogP contribution in [0.25, 0.3) is 22.3 Å². The Kier molecular flexibility index (Phi) is 5.51. The number of hydrogen-bond acceptors (Lipinski definition) is 4. The number of para-hydroxylation sites is 1. The van der Waals surface area contributed by atoms with Crippen LogP contribution in [0.15, 0.2) is 50.1 Å². The number of benzene rings is 2. The summed E-state index contributed by atoms with van der Waals surface area (Å²) in [6, 6.07) is 7.60. The van der Waals surface area contributed by atoms with E-state index in [0.717, 1.165) is 18.2 Å². The van der Waals surface area contributed by atoms with Gasteiger partial charge in [-0.15, -0.1) is 0 Å². The van der Waals surface area contributed by atoms with E-state index in [2.05, 4.69) is 15.9 Å². The lowest BCUT2D eigenvalue weighted by molar-refractivity contribution is -0.148. The quantitative estimate of drug-likeness (QED) is 0.450. The van der Waals surface area contributed by atoms with Crippen molar-refractivity contribution in [1.29, 1.82) is 0 Å². The fourth-order valence-electron chi connectivity index (χ4n) is 3.38. The second kappa shape index (κ2) is 7.87. The zero-order valence-electron chi connectivity index (χ0n) is 15.5. The molecule has 0 aliphatic heterocycles. The molecule has 10 heteroatoms. The highest BCUT2D eigenvalue weighted by Crippen LogP contribution is 2.44. The van der Waals surface area contributed by atoms with Gasteiger partial charge in [-0.1, -0.05) is 33.6 Å². The standard InChI is InChI=1S/C21H13BrClF3O5/c22-14-7-17(30-10-4-9(5-10)20(28)29)12(6-13(14)21(24,25)26)18-8-16(27)11-2-1-3-15(23)19(11)31-18/h1-3,6-10H,4-5H2,(H,28,29). The zero-order chi connectivity index (χ0) is 22.5. The predicted molar refractivity (Wildman–Crippen MR) is 110 cm³/mol. The normalized spacial score (nSPS) is 18.6. The van der Waals surface area contributed by atoms with Gasteiger partial charge in [0.2, 0.25) is 0 Å². The van der Waals surface area contributed by atoms with E-state index in [1.807, 2.05) is 0 Å². The molecule has 0 unspecified atom stereocenters. The molecular formula is C21H13BrClF3O5. The predicted octanol–water partition coefficient (Wildman–Crippen LogP) is 6.14.